The average molecular weight is 275 g/mol. The number of hydrogen-bond donors (Lipinski definition) is 1. The molecule has 0 aliphatic rings. The molecule has 0 spiro atoms. The summed E-state index contributed by atoms with van der Waals surface area (Å²) in [5, 5.41) is 3.53. The van der Waals surface area contributed by atoms with Gasteiger partial charge in [0.2, 0.25) is 0 Å². The molecule has 0 saturated carbocycles. The highest BCUT2D eigenvalue weighted by Gasteiger charge is 2.15. The third-order valence-corrected chi connectivity index (χ3v) is 4.24. The first-order valence-corrected chi connectivity index (χ1v) is 8.14. The van der Waals surface area contributed by atoms with Crippen LogP contribution >= 0.6 is 0 Å². The topological polar surface area (TPSA) is 12.0 Å². The van der Waals surface area contributed by atoms with Gasteiger partial charge in [0.25, 0.3) is 0 Å². The van der Waals surface area contributed by atoms with Gasteiger partial charge in [0.15, 0.2) is 0 Å². The molecule has 1 aromatic carbocycles. The van der Waals surface area contributed by atoms with Crippen LogP contribution in [0.4, 0.5) is 0 Å². The predicted octanol–water partition coefficient (Wildman–Crippen LogP) is 4.80. The van der Waals surface area contributed by atoms with Crippen LogP contribution in [0.1, 0.15) is 59.1 Å². The molecule has 0 aliphatic heterocycles. The van der Waals surface area contributed by atoms with E-state index in [1.807, 2.05) is 0 Å². The maximum atomic E-state index is 3.53. The summed E-state index contributed by atoms with van der Waals surface area (Å²) >= 11 is 0. The number of rotatable bonds is 7. The monoisotopic (exact) mass is 275 g/mol. The zero-order valence-electron chi connectivity index (χ0n) is 14.3. The van der Waals surface area contributed by atoms with E-state index in [1.165, 1.54) is 24.0 Å². The van der Waals surface area contributed by atoms with Gasteiger partial charge in [0.05, 0.1) is 0 Å². The molecule has 1 rings (SSSR count). The quantitative estimate of drug-likeness (QED) is 0.705. The molecule has 2 unspecified atom stereocenters. The van der Waals surface area contributed by atoms with E-state index in [-0.39, 0.29) is 5.41 Å². The van der Waals surface area contributed by atoms with Crippen LogP contribution in [-0.2, 0) is 11.8 Å². The van der Waals surface area contributed by atoms with Crippen LogP contribution in [0.3, 0.4) is 0 Å². The maximum absolute atomic E-state index is 3.53. The van der Waals surface area contributed by atoms with Crippen LogP contribution in [-0.4, -0.2) is 13.1 Å². The lowest BCUT2D eigenvalue weighted by atomic mass is 9.85. The lowest BCUT2D eigenvalue weighted by Crippen LogP contribution is -2.26. The summed E-state index contributed by atoms with van der Waals surface area (Å²) < 4.78 is 0. The molecule has 1 nitrogen and oxygen atoms in total. The molecule has 1 aromatic rings. The Morgan fingerprint density at radius 2 is 1.60 bits per heavy atom. The van der Waals surface area contributed by atoms with Crippen molar-refractivity contribution in [3.63, 3.8) is 0 Å². The standard InChI is InChI=1S/C19H33N/c1-7-12-20-14-16(3)15(2)13-17-8-10-18(11-9-17)19(4,5)6/h8-11,15-16,20H,7,12-14H2,1-6H3. The maximum Gasteiger partial charge on any atom is -0.00205 e. The third-order valence-electron chi connectivity index (χ3n) is 4.24. The zero-order chi connectivity index (χ0) is 15.2. The predicted molar refractivity (Wildman–Crippen MR) is 90.3 cm³/mol. The second-order valence-electron chi connectivity index (χ2n) is 7.31. The molecule has 0 heterocycles. The van der Waals surface area contributed by atoms with Crippen molar-refractivity contribution in [3.05, 3.63) is 35.4 Å². The van der Waals surface area contributed by atoms with E-state index in [1.54, 1.807) is 0 Å². The van der Waals surface area contributed by atoms with Gasteiger partial charge < -0.3 is 5.32 Å². The van der Waals surface area contributed by atoms with E-state index < -0.39 is 0 Å². The van der Waals surface area contributed by atoms with Crippen LogP contribution in [0.5, 0.6) is 0 Å². The molecule has 0 fully saturated rings. The minimum absolute atomic E-state index is 0.251. The van der Waals surface area contributed by atoms with Crippen molar-refractivity contribution in [2.75, 3.05) is 13.1 Å². The lowest BCUT2D eigenvalue weighted by molar-refractivity contribution is 0.365. The number of hydrogen-bond acceptors (Lipinski definition) is 1. The fourth-order valence-electron chi connectivity index (χ4n) is 2.42. The van der Waals surface area contributed by atoms with Crippen molar-refractivity contribution in [3.8, 4) is 0 Å². The van der Waals surface area contributed by atoms with Gasteiger partial charge in [0.1, 0.15) is 0 Å². The van der Waals surface area contributed by atoms with Crippen molar-refractivity contribution in [2.45, 2.75) is 59.8 Å². The minimum Gasteiger partial charge on any atom is -0.316 e. The first-order chi connectivity index (χ1) is 9.34. The Labute approximate surface area is 126 Å². The molecule has 20 heavy (non-hydrogen) atoms. The summed E-state index contributed by atoms with van der Waals surface area (Å²) in [5.74, 6) is 1.45. The van der Waals surface area contributed by atoms with Crippen molar-refractivity contribution < 1.29 is 0 Å². The Kier molecular flexibility index (Phi) is 6.75. The van der Waals surface area contributed by atoms with Gasteiger partial charge >= 0.3 is 0 Å². The van der Waals surface area contributed by atoms with Crippen LogP contribution < -0.4 is 5.32 Å². The molecular weight excluding hydrogens is 242 g/mol. The third kappa shape index (κ3) is 5.66. The minimum atomic E-state index is 0.251. The molecular formula is C19H33N. The van der Waals surface area contributed by atoms with Gasteiger partial charge in [-0.1, -0.05) is 65.8 Å². The fraction of sp³-hybridized carbons (Fsp3) is 0.684. The fourth-order valence-corrected chi connectivity index (χ4v) is 2.42. The van der Waals surface area contributed by atoms with Crippen molar-refractivity contribution in [1.29, 1.82) is 0 Å². The summed E-state index contributed by atoms with van der Waals surface area (Å²) in [7, 11) is 0. The molecule has 1 heteroatoms. The van der Waals surface area contributed by atoms with Gasteiger partial charge in [0, 0.05) is 0 Å². The molecule has 0 bridgehead atoms. The summed E-state index contributed by atoms with van der Waals surface area (Å²) in [4.78, 5) is 0. The molecule has 0 radical (unpaired) electrons. The molecule has 2 atom stereocenters. The summed E-state index contributed by atoms with van der Waals surface area (Å²) in [6.07, 6.45) is 2.40. The molecule has 0 saturated heterocycles. The molecule has 0 aromatic heterocycles. The lowest BCUT2D eigenvalue weighted by Gasteiger charge is -2.22. The second kappa shape index (κ2) is 7.83. The summed E-state index contributed by atoms with van der Waals surface area (Å²) in [5.41, 5.74) is 3.14. The highest BCUT2D eigenvalue weighted by Crippen LogP contribution is 2.23. The SMILES string of the molecule is CCCNCC(C)C(C)Cc1ccc(C(C)(C)C)cc1. The normalized spacial score (nSPS) is 15.1. The van der Waals surface area contributed by atoms with Gasteiger partial charge in [-0.2, -0.15) is 0 Å². The molecule has 114 valence electrons. The second-order valence-corrected chi connectivity index (χ2v) is 7.31. The average Bonchev–Trinajstić information content (AvgIpc) is 2.38. The van der Waals surface area contributed by atoms with E-state index in [4.69, 9.17) is 0 Å². The van der Waals surface area contributed by atoms with Crippen LogP contribution in [0.2, 0.25) is 0 Å². The Balaban J connectivity index is 2.51. The Morgan fingerprint density at radius 1 is 1.00 bits per heavy atom. The Hall–Kier alpha value is -0.820. The largest absolute Gasteiger partial charge is 0.316 e. The van der Waals surface area contributed by atoms with E-state index in [2.05, 4.69) is 71.1 Å². The van der Waals surface area contributed by atoms with Crippen LogP contribution in [0, 0.1) is 11.8 Å². The van der Waals surface area contributed by atoms with Gasteiger partial charge in [-0.25, -0.2) is 0 Å². The number of nitrogens with one attached hydrogen (secondary N) is 1. The van der Waals surface area contributed by atoms with E-state index >= 15 is 0 Å². The highest BCUT2D eigenvalue weighted by atomic mass is 14.8. The van der Waals surface area contributed by atoms with E-state index in [0.717, 1.165) is 24.9 Å². The summed E-state index contributed by atoms with van der Waals surface area (Å²) in [6.45, 7) is 16.0. The van der Waals surface area contributed by atoms with Crippen LogP contribution in [0.15, 0.2) is 24.3 Å². The van der Waals surface area contributed by atoms with E-state index in [0.29, 0.717) is 0 Å². The smallest absolute Gasteiger partial charge is 0.00205 e. The van der Waals surface area contributed by atoms with Crippen molar-refractivity contribution in [1.82, 2.24) is 5.32 Å². The first kappa shape index (κ1) is 17.2. The van der Waals surface area contributed by atoms with Crippen molar-refractivity contribution in [2.24, 2.45) is 11.8 Å². The summed E-state index contributed by atoms with van der Waals surface area (Å²) in [6, 6.07) is 9.21. The van der Waals surface area contributed by atoms with Crippen LogP contribution in [0.25, 0.3) is 0 Å². The van der Waals surface area contributed by atoms with Gasteiger partial charge in [-0.05, 0) is 54.3 Å². The molecule has 0 amide bonds. The zero-order valence-corrected chi connectivity index (χ0v) is 14.3. The molecule has 0 aliphatic carbocycles. The Morgan fingerprint density at radius 3 is 2.10 bits per heavy atom. The van der Waals surface area contributed by atoms with Crippen molar-refractivity contribution >= 4 is 0 Å². The molecule has 1 N–H and O–H groups in total. The Bertz CT molecular complexity index is 372. The number of benzene rings is 1. The van der Waals surface area contributed by atoms with Gasteiger partial charge in [-0.3, -0.25) is 0 Å². The highest BCUT2D eigenvalue weighted by molar-refractivity contribution is 5.27. The first-order valence-electron chi connectivity index (χ1n) is 8.14. The van der Waals surface area contributed by atoms with E-state index in [9.17, 15) is 0 Å². The van der Waals surface area contributed by atoms with Gasteiger partial charge in [-0.15, -0.1) is 0 Å².